The molecule has 0 aliphatic heterocycles. The predicted molar refractivity (Wildman–Crippen MR) is 89.8 cm³/mol. The van der Waals surface area contributed by atoms with E-state index in [4.69, 9.17) is 20.0 Å². The maximum atomic E-state index is 8.56. The second kappa shape index (κ2) is 7.00. The molecule has 4 heteroatoms. The summed E-state index contributed by atoms with van der Waals surface area (Å²) in [5, 5.41) is 17.1. The van der Waals surface area contributed by atoms with Gasteiger partial charge in [-0.25, -0.2) is 0 Å². The van der Waals surface area contributed by atoms with Gasteiger partial charge in [0.25, 0.3) is 12.5 Å². The van der Waals surface area contributed by atoms with Crippen molar-refractivity contribution in [2.45, 2.75) is 0 Å². The zero-order valence-electron chi connectivity index (χ0n) is 12.6. The quantitative estimate of drug-likeness (QED) is 0.653. The van der Waals surface area contributed by atoms with E-state index in [0.29, 0.717) is 11.5 Å². The molecule has 0 unspecified atom stereocenters. The summed E-state index contributed by atoms with van der Waals surface area (Å²) in [5.74, 6) is 1.02. The Kier molecular flexibility index (Phi) is 4.42. The highest BCUT2D eigenvalue weighted by Gasteiger charge is 2.07. The van der Waals surface area contributed by atoms with Gasteiger partial charge in [0.15, 0.2) is 0 Å². The molecule has 0 heterocycles. The lowest BCUT2D eigenvalue weighted by molar-refractivity contribution is 0.507. The molecule has 4 nitrogen and oxygen atoms in total. The molecule has 0 bridgehead atoms. The van der Waals surface area contributed by atoms with Crippen LogP contribution in [0.15, 0.2) is 72.8 Å². The summed E-state index contributed by atoms with van der Waals surface area (Å²) in [6.07, 6.45) is 3.32. The SMILES string of the molecule is N#COc1ccc(-c2ccccc2-c2ccc(OC#N)cc2)cc1. The highest BCUT2D eigenvalue weighted by molar-refractivity contribution is 5.83. The van der Waals surface area contributed by atoms with E-state index in [1.807, 2.05) is 48.5 Å². The van der Waals surface area contributed by atoms with E-state index in [1.54, 1.807) is 36.8 Å². The van der Waals surface area contributed by atoms with E-state index in [2.05, 4.69) is 0 Å². The van der Waals surface area contributed by atoms with Crippen molar-refractivity contribution in [1.29, 1.82) is 10.5 Å². The molecule has 0 amide bonds. The first-order valence-electron chi connectivity index (χ1n) is 7.23. The van der Waals surface area contributed by atoms with Crippen molar-refractivity contribution in [2.75, 3.05) is 0 Å². The zero-order valence-corrected chi connectivity index (χ0v) is 12.6. The van der Waals surface area contributed by atoms with E-state index >= 15 is 0 Å². The summed E-state index contributed by atoms with van der Waals surface area (Å²) < 4.78 is 9.63. The molecule has 0 aliphatic rings. The summed E-state index contributed by atoms with van der Waals surface area (Å²) in [6, 6.07) is 22.7. The number of rotatable bonds is 4. The number of ether oxygens (including phenoxy) is 2. The Morgan fingerprint density at radius 3 is 1.25 bits per heavy atom. The number of hydrogen-bond acceptors (Lipinski definition) is 4. The normalized spacial score (nSPS) is 9.58. The van der Waals surface area contributed by atoms with Gasteiger partial charge in [0, 0.05) is 0 Å². The van der Waals surface area contributed by atoms with Gasteiger partial charge in [-0.2, -0.15) is 0 Å². The van der Waals surface area contributed by atoms with Crippen LogP contribution in [0.5, 0.6) is 11.5 Å². The van der Waals surface area contributed by atoms with Crippen LogP contribution >= 0.6 is 0 Å². The lowest BCUT2D eigenvalue weighted by Crippen LogP contribution is -1.87. The van der Waals surface area contributed by atoms with Crippen LogP contribution in [-0.2, 0) is 0 Å². The summed E-state index contributed by atoms with van der Waals surface area (Å²) in [7, 11) is 0. The molecule has 0 aromatic heterocycles. The first-order chi connectivity index (χ1) is 11.8. The second-order valence-corrected chi connectivity index (χ2v) is 4.98. The van der Waals surface area contributed by atoms with Gasteiger partial charge in [-0.15, -0.1) is 10.5 Å². The third-order valence-electron chi connectivity index (χ3n) is 3.58. The lowest BCUT2D eigenvalue weighted by Gasteiger charge is -2.11. The van der Waals surface area contributed by atoms with Crippen molar-refractivity contribution in [1.82, 2.24) is 0 Å². The highest BCUT2D eigenvalue weighted by atomic mass is 16.5. The Hall–Kier alpha value is -3.76. The van der Waals surface area contributed by atoms with Crippen LogP contribution in [0.25, 0.3) is 22.3 Å². The Balaban J connectivity index is 1.99. The highest BCUT2D eigenvalue weighted by Crippen LogP contribution is 2.33. The van der Waals surface area contributed by atoms with E-state index < -0.39 is 0 Å². The second-order valence-electron chi connectivity index (χ2n) is 4.98. The van der Waals surface area contributed by atoms with Crippen LogP contribution in [0.3, 0.4) is 0 Å². The molecule has 0 radical (unpaired) electrons. The standard InChI is InChI=1S/C20H12N2O2/c21-13-23-17-9-5-15(6-10-17)19-3-1-2-4-20(19)16-7-11-18(12-8-16)24-14-22/h1-12H. The van der Waals surface area contributed by atoms with Gasteiger partial charge in [-0.05, 0) is 46.5 Å². The minimum absolute atomic E-state index is 0.511. The molecule has 0 saturated heterocycles. The fraction of sp³-hybridized carbons (Fsp3) is 0. The number of hydrogen-bond donors (Lipinski definition) is 0. The molecule has 0 aliphatic carbocycles. The molecule has 0 N–H and O–H groups in total. The average molecular weight is 312 g/mol. The van der Waals surface area contributed by atoms with Crippen molar-refractivity contribution in [3.8, 4) is 46.3 Å². The van der Waals surface area contributed by atoms with Crippen molar-refractivity contribution in [3.05, 3.63) is 72.8 Å². The first kappa shape index (κ1) is 15.1. The van der Waals surface area contributed by atoms with Crippen LogP contribution in [0.4, 0.5) is 0 Å². The molecule has 0 spiro atoms. The topological polar surface area (TPSA) is 66.0 Å². The Morgan fingerprint density at radius 1 is 0.542 bits per heavy atom. The summed E-state index contributed by atoms with van der Waals surface area (Å²) in [5.41, 5.74) is 4.17. The van der Waals surface area contributed by atoms with E-state index in [1.165, 1.54) is 0 Å². The van der Waals surface area contributed by atoms with Gasteiger partial charge in [0.1, 0.15) is 11.5 Å². The maximum absolute atomic E-state index is 8.56. The average Bonchev–Trinajstić information content (AvgIpc) is 2.64. The van der Waals surface area contributed by atoms with Crippen molar-refractivity contribution in [3.63, 3.8) is 0 Å². The smallest absolute Gasteiger partial charge is 0.292 e. The molecule has 3 rings (SSSR count). The van der Waals surface area contributed by atoms with Crippen molar-refractivity contribution >= 4 is 0 Å². The third kappa shape index (κ3) is 3.19. The molecule has 24 heavy (non-hydrogen) atoms. The summed E-state index contributed by atoms with van der Waals surface area (Å²) >= 11 is 0. The Bertz CT molecular complexity index is 839. The molecule has 3 aromatic carbocycles. The summed E-state index contributed by atoms with van der Waals surface area (Å²) in [4.78, 5) is 0. The summed E-state index contributed by atoms with van der Waals surface area (Å²) in [6.45, 7) is 0. The fourth-order valence-electron chi connectivity index (χ4n) is 2.50. The van der Waals surface area contributed by atoms with Crippen LogP contribution in [0.2, 0.25) is 0 Å². The van der Waals surface area contributed by atoms with Gasteiger partial charge >= 0.3 is 0 Å². The molecule has 0 saturated carbocycles. The molecule has 0 atom stereocenters. The predicted octanol–water partition coefficient (Wildman–Crippen LogP) is 4.74. The van der Waals surface area contributed by atoms with E-state index in [9.17, 15) is 0 Å². The molecular weight excluding hydrogens is 300 g/mol. The van der Waals surface area contributed by atoms with Crippen molar-refractivity contribution < 1.29 is 9.47 Å². The number of nitrogens with zero attached hydrogens (tertiary/aromatic N) is 2. The Labute approximate surface area is 139 Å². The lowest BCUT2D eigenvalue weighted by atomic mass is 9.94. The zero-order chi connectivity index (χ0) is 16.8. The van der Waals surface area contributed by atoms with Crippen LogP contribution in [0.1, 0.15) is 0 Å². The van der Waals surface area contributed by atoms with E-state index in [0.717, 1.165) is 22.3 Å². The molecule has 3 aromatic rings. The monoisotopic (exact) mass is 312 g/mol. The first-order valence-corrected chi connectivity index (χ1v) is 7.23. The van der Waals surface area contributed by atoms with Gasteiger partial charge < -0.3 is 9.47 Å². The van der Waals surface area contributed by atoms with Crippen LogP contribution in [-0.4, -0.2) is 0 Å². The van der Waals surface area contributed by atoms with Gasteiger partial charge in [-0.3, -0.25) is 0 Å². The largest absolute Gasteiger partial charge is 0.388 e. The number of nitriles is 2. The molecule has 114 valence electrons. The van der Waals surface area contributed by atoms with E-state index in [-0.39, 0.29) is 0 Å². The van der Waals surface area contributed by atoms with Gasteiger partial charge in [0.2, 0.25) is 0 Å². The minimum Gasteiger partial charge on any atom is -0.388 e. The minimum atomic E-state index is 0.511. The van der Waals surface area contributed by atoms with Gasteiger partial charge in [0.05, 0.1) is 0 Å². The Morgan fingerprint density at radius 2 is 0.917 bits per heavy atom. The van der Waals surface area contributed by atoms with Crippen molar-refractivity contribution in [2.24, 2.45) is 0 Å². The molecule has 0 fully saturated rings. The third-order valence-corrected chi connectivity index (χ3v) is 3.58. The molecular formula is C20H12N2O2. The van der Waals surface area contributed by atoms with Gasteiger partial charge in [-0.1, -0.05) is 48.5 Å². The van der Waals surface area contributed by atoms with Crippen LogP contribution < -0.4 is 9.47 Å². The fourth-order valence-corrected chi connectivity index (χ4v) is 2.50. The van der Waals surface area contributed by atoms with Crippen LogP contribution in [0, 0.1) is 23.0 Å². The maximum Gasteiger partial charge on any atom is 0.292 e. The number of benzene rings is 3.